The average molecular weight is 362 g/mol. The Labute approximate surface area is 149 Å². The number of hydrogen-bond acceptors (Lipinski definition) is 5. The molecule has 1 N–H and O–H groups in total. The second kappa shape index (κ2) is 7.62. The molecule has 0 bridgehead atoms. The van der Waals surface area contributed by atoms with Gasteiger partial charge in [0.05, 0.1) is 17.2 Å². The highest BCUT2D eigenvalue weighted by molar-refractivity contribution is 5.46. The first kappa shape index (κ1) is 18.0. The maximum atomic E-state index is 13.2. The van der Waals surface area contributed by atoms with E-state index in [0.717, 1.165) is 12.1 Å². The Morgan fingerprint density at radius 1 is 1.19 bits per heavy atom. The standard InChI is InChI=1S/C18H17F3N4O/c19-18(20,21)15-9-16(25-7-5-23-6-8-25)24-17(10-15)26-12-14-4-2-1-3-13(14)11-22/h1-4,9-10,23H,5-8,12H2. The molecule has 1 aromatic heterocycles. The van der Waals surface area contributed by atoms with Gasteiger partial charge in [0.15, 0.2) is 0 Å². The molecule has 3 rings (SSSR count). The summed E-state index contributed by atoms with van der Waals surface area (Å²) in [6.45, 7) is 2.49. The summed E-state index contributed by atoms with van der Waals surface area (Å²) in [6.07, 6.45) is -4.49. The molecule has 1 aromatic carbocycles. The zero-order chi connectivity index (χ0) is 18.6. The summed E-state index contributed by atoms with van der Waals surface area (Å²) in [6, 6.07) is 10.8. The number of nitriles is 1. The number of halogens is 3. The number of anilines is 1. The predicted molar refractivity (Wildman–Crippen MR) is 89.8 cm³/mol. The first-order chi connectivity index (χ1) is 12.5. The van der Waals surface area contributed by atoms with Crippen LogP contribution in [-0.2, 0) is 12.8 Å². The minimum Gasteiger partial charge on any atom is -0.473 e. The first-order valence-corrected chi connectivity index (χ1v) is 8.13. The van der Waals surface area contributed by atoms with Gasteiger partial charge in [-0.15, -0.1) is 0 Å². The summed E-state index contributed by atoms with van der Waals surface area (Å²) in [7, 11) is 0. The molecule has 2 heterocycles. The van der Waals surface area contributed by atoms with Crippen LogP contribution in [0.5, 0.6) is 5.88 Å². The fourth-order valence-corrected chi connectivity index (χ4v) is 2.69. The van der Waals surface area contributed by atoms with Crippen LogP contribution in [0.1, 0.15) is 16.7 Å². The molecule has 0 saturated carbocycles. The second-order valence-corrected chi connectivity index (χ2v) is 5.84. The molecule has 2 aromatic rings. The molecular formula is C18H17F3N4O. The summed E-state index contributed by atoms with van der Waals surface area (Å²) in [5, 5.41) is 12.2. The summed E-state index contributed by atoms with van der Waals surface area (Å²) >= 11 is 0. The largest absolute Gasteiger partial charge is 0.473 e. The van der Waals surface area contributed by atoms with Crippen LogP contribution in [0.15, 0.2) is 36.4 Å². The highest BCUT2D eigenvalue weighted by atomic mass is 19.4. The smallest absolute Gasteiger partial charge is 0.416 e. The molecule has 0 amide bonds. The predicted octanol–water partition coefficient (Wildman–Crippen LogP) is 2.96. The Bertz CT molecular complexity index is 811. The van der Waals surface area contributed by atoms with Gasteiger partial charge >= 0.3 is 6.18 Å². The normalized spacial score (nSPS) is 14.8. The van der Waals surface area contributed by atoms with Crippen LogP contribution in [0, 0.1) is 11.3 Å². The lowest BCUT2D eigenvalue weighted by molar-refractivity contribution is -0.137. The lowest BCUT2D eigenvalue weighted by Crippen LogP contribution is -2.44. The van der Waals surface area contributed by atoms with Crippen LogP contribution in [0.2, 0.25) is 0 Å². The summed E-state index contributed by atoms with van der Waals surface area (Å²) in [5.41, 5.74) is 0.212. The van der Waals surface area contributed by atoms with Crippen LogP contribution < -0.4 is 15.0 Å². The second-order valence-electron chi connectivity index (χ2n) is 5.84. The Morgan fingerprint density at radius 3 is 2.62 bits per heavy atom. The third-order valence-electron chi connectivity index (χ3n) is 4.07. The van der Waals surface area contributed by atoms with Gasteiger partial charge in [0.25, 0.3) is 0 Å². The zero-order valence-corrected chi connectivity index (χ0v) is 13.9. The molecule has 0 radical (unpaired) electrons. The number of piperazine rings is 1. The Morgan fingerprint density at radius 2 is 1.92 bits per heavy atom. The number of benzene rings is 1. The Kier molecular flexibility index (Phi) is 5.28. The van der Waals surface area contributed by atoms with Crippen molar-refractivity contribution in [1.82, 2.24) is 10.3 Å². The maximum absolute atomic E-state index is 13.2. The first-order valence-electron chi connectivity index (χ1n) is 8.13. The van der Waals surface area contributed by atoms with E-state index in [2.05, 4.69) is 10.3 Å². The number of alkyl halides is 3. The monoisotopic (exact) mass is 362 g/mol. The lowest BCUT2D eigenvalue weighted by atomic mass is 10.1. The quantitative estimate of drug-likeness (QED) is 0.906. The van der Waals surface area contributed by atoms with Gasteiger partial charge in [-0.1, -0.05) is 18.2 Å². The van der Waals surface area contributed by atoms with Crippen LogP contribution in [0.3, 0.4) is 0 Å². The van der Waals surface area contributed by atoms with Gasteiger partial charge in [-0.3, -0.25) is 0 Å². The van der Waals surface area contributed by atoms with E-state index in [0.29, 0.717) is 37.3 Å². The van der Waals surface area contributed by atoms with Crippen molar-refractivity contribution in [2.45, 2.75) is 12.8 Å². The Balaban J connectivity index is 1.86. The molecule has 5 nitrogen and oxygen atoms in total. The van der Waals surface area contributed by atoms with Crippen molar-refractivity contribution in [3.8, 4) is 11.9 Å². The number of rotatable bonds is 4. The van der Waals surface area contributed by atoms with Gasteiger partial charge in [-0.05, 0) is 12.1 Å². The van der Waals surface area contributed by atoms with Gasteiger partial charge in [0.2, 0.25) is 5.88 Å². The molecule has 26 heavy (non-hydrogen) atoms. The van der Waals surface area contributed by atoms with Crippen molar-refractivity contribution in [2.75, 3.05) is 31.1 Å². The number of nitrogens with zero attached hydrogens (tertiary/aromatic N) is 3. The molecule has 1 aliphatic heterocycles. The van der Waals surface area contributed by atoms with Crippen molar-refractivity contribution >= 4 is 5.82 Å². The fourth-order valence-electron chi connectivity index (χ4n) is 2.69. The molecular weight excluding hydrogens is 345 g/mol. The van der Waals surface area contributed by atoms with Crippen molar-refractivity contribution in [3.05, 3.63) is 53.1 Å². The van der Waals surface area contributed by atoms with E-state index in [-0.39, 0.29) is 18.3 Å². The van der Waals surface area contributed by atoms with Crippen molar-refractivity contribution in [1.29, 1.82) is 5.26 Å². The number of ether oxygens (including phenoxy) is 1. The number of hydrogen-bond donors (Lipinski definition) is 1. The fraction of sp³-hybridized carbons (Fsp3) is 0.333. The van der Waals surface area contributed by atoms with Gasteiger partial charge in [0, 0.05) is 37.8 Å². The van der Waals surface area contributed by atoms with E-state index in [1.54, 1.807) is 29.2 Å². The summed E-state index contributed by atoms with van der Waals surface area (Å²) < 4.78 is 45.2. The SMILES string of the molecule is N#Cc1ccccc1COc1cc(C(F)(F)F)cc(N2CCNCC2)n1. The van der Waals surface area contributed by atoms with E-state index in [4.69, 9.17) is 10.00 Å². The highest BCUT2D eigenvalue weighted by Gasteiger charge is 2.32. The maximum Gasteiger partial charge on any atom is 0.416 e. The lowest BCUT2D eigenvalue weighted by Gasteiger charge is -2.29. The molecule has 1 saturated heterocycles. The Hall–Kier alpha value is -2.79. The highest BCUT2D eigenvalue weighted by Crippen LogP contribution is 2.33. The molecule has 8 heteroatoms. The number of aromatic nitrogens is 1. The van der Waals surface area contributed by atoms with Gasteiger partial charge in [-0.25, -0.2) is 0 Å². The average Bonchev–Trinajstić information content (AvgIpc) is 2.66. The third kappa shape index (κ3) is 4.24. The van der Waals surface area contributed by atoms with Crippen molar-refractivity contribution in [3.63, 3.8) is 0 Å². The van der Waals surface area contributed by atoms with E-state index in [1.165, 1.54) is 0 Å². The van der Waals surface area contributed by atoms with E-state index >= 15 is 0 Å². The van der Waals surface area contributed by atoms with Crippen LogP contribution >= 0.6 is 0 Å². The summed E-state index contributed by atoms with van der Waals surface area (Å²) in [5.74, 6) is 0.131. The van der Waals surface area contributed by atoms with Crippen molar-refractivity contribution in [2.24, 2.45) is 0 Å². The third-order valence-corrected chi connectivity index (χ3v) is 4.07. The molecule has 0 spiro atoms. The number of pyridine rings is 1. The molecule has 0 aliphatic carbocycles. The van der Waals surface area contributed by atoms with Gasteiger partial charge in [0.1, 0.15) is 12.4 Å². The molecule has 0 atom stereocenters. The van der Waals surface area contributed by atoms with Gasteiger partial charge < -0.3 is 15.0 Å². The summed E-state index contributed by atoms with van der Waals surface area (Å²) in [4.78, 5) is 6.03. The topological polar surface area (TPSA) is 61.2 Å². The number of nitrogens with one attached hydrogen (secondary N) is 1. The van der Waals surface area contributed by atoms with Crippen LogP contribution in [0.25, 0.3) is 0 Å². The van der Waals surface area contributed by atoms with Crippen LogP contribution in [-0.4, -0.2) is 31.2 Å². The molecule has 1 aliphatic rings. The minimum atomic E-state index is -4.49. The van der Waals surface area contributed by atoms with E-state index < -0.39 is 11.7 Å². The van der Waals surface area contributed by atoms with Gasteiger partial charge in [-0.2, -0.15) is 23.4 Å². The van der Waals surface area contributed by atoms with E-state index in [1.807, 2.05) is 6.07 Å². The van der Waals surface area contributed by atoms with Crippen molar-refractivity contribution < 1.29 is 17.9 Å². The van der Waals surface area contributed by atoms with Crippen LogP contribution in [0.4, 0.5) is 19.0 Å². The van der Waals surface area contributed by atoms with E-state index in [9.17, 15) is 13.2 Å². The molecule has 0 unspecified atom stereocenters. The molecule has 136 valence electrons. The zero-order valence-electron chi connectivity index (χ0n) is 13.9. The molecule has 1 fully saturated rings. The minimum absolute atomic E-state index is 0.0287.